The second kappa shape index (κ2) is 6.91. The number of aromatic hydroxyl groups is 1. The van der Waals surface area contributed by atoms with Crippen LogP contribution in [0.4, 0.5) is 0 Å². The SMILES string of the molecule is COCC(C)CNC(=O)Cc1ccccc1O. The Kier molecular flexibility index (Phi) is 5.49. The molecule has 1 rings (SSSR count). The molecule has 1 atom stereocenters. The van der Waals surface area contributed by atoms with Gasteiger partial charge in [-0.15, -0.1) is 0 Å². The molecule has 4 heteroatoms. The summed E-state index contributed by atoms with van der Waals surface area (Å²) in [6.07, 6.45) is 0.201. The lowest BCUT2D eigenvalue weighted by atomic mass is 10.1. The summed E-state index contributed by atoms with van der Waals surface area (Å²) >= 11 is 0. The van der Waals surface area contributed by atoms with Gasteiger partial charge in [0.2, 0.25) is 5.91 Å². The molecule has 0 spiro atoms. The van der Waals surface area contributed by atoms with Crippen molar-refractivity contribution in [3.63, 3.8) is 0 Å². The fraction of sp³-hybridized carbons (Fsp3) is 0.462. The van der Waals surface area contributed by atoms with Gasteiger partial charge in [-0.3, -0.25) is 4.79 Å². The molecule has 0 aliphatic heterocycles. The maximum atomic E-state index is 11.6. The molecule has 2 N–H and O–H groups in total. The molecule has 0 aliphatic rings. The number of benzene rings is 1. The first kappa shape index (κ1) is 13.5. The van der Waals surface area contributed by atoms with Gasteiger partial charge in [-0.25, -0.2) is 0 Å². The van der Waals surface area contributed by atoms with E-state index in [4.69, 9.17) is 4.74 Å². The largest absolute Gasteiger partial charge is 0.508 e. The Morgan fingerprint density at radius 2 is 2.18 bits per heavy atom. The lowest BCUT2D eigenvalue weighted by Gasteiger charge is -2.11. The quantitative estimate of drug-likeness (QED) is 0.784. The smallest absolute Gasteiger partial charge is 0.224 e. The number of para-hydroxylation sites is 1. The van der Waals surface area contributed by atoms with Crippen LogP contribution in [-0.2, 0) is 16.0 Å². The second-order valence-electron chi connectivity index (χ2n) is 4.17. The van der Waals surface area contributed by atoms with Crippen LogP contribution in [0.2, 0.25) is 0 Å². The van der Waals surface area contributed by atoms with Crippen LogP contribution in [-0.4, -0.2) is 31.3 Å². The summed E-state index contributed by atoms with van der Waals surface area (Å²) in [6.45, 7) is 3.21. The van der Waals surface area contributed by atoms with Crippen LogP contribution in [0.25, 0.3) is 0 Å². The maximum absolute atomic E-state index is 11.6. The van der Waals surface area contributed by atoms with E-state index < -0.39 is 0 Å². The molecule has 0 radical (unpaired) electrons. The van der Waals surface area contributed by atoms with E-state index in [1.165, 1.54) is 0 Å². The van der Waals surface area contributed by atoms with E-state index in [0.717, 1.165) is 0 Å². The molecule has 1 aromatic carbocycles. The number of carbonyl (C=O) groups excluding carboxylic acids is 1. The van der Waals surface area contributed by atoms with Crippen molar-refractivity contribution in [1.29, 1.82) is 0 Å². The van der Waals surface area contributed by atoms with Gasteiger partial charge in [0.25, 0.3) is 0 Å². The number of phenolic OH excluding ortho intramolecular Hbond substituents is 1. The zero-order chi connectivity index (χ0) is 12.7. The molecule has 4 nitrogen and oxygen atoms in total. The fourth-order valence-corrected chi connectivity index (χ4v) is 1.53. The van der Waals surface area contributed by atoms with E-state index in [-0.39, 0.29) is 24.0 Å². The first-order chi connectivity index (χ1) is 8.13. The highest BCUT2D eigenvalue weighted by Gasteiger charge is 2.08. The lowest BCUT2D eigenvalue weighted by molar-refractivity contribution is -0.120. The zero-order valence-electron chi connectivity index (χ0n) is 10.3. The highest BCUT2D eigenvalue weighted by Crippen LogP contribution is 2.15. The van der Waals surface area contributed by atoms with E-state index >= 15 is 0 Å². The normalized spacial score (nSPS) is 12.1. The Labute approximate surface area is 102 Å². The van der Waals surface area contributed by atoms with Crippen molar-refractivity contribution >= 4 is 5.91 Å². The third-order valence-corrected chi connectivity index (χ3v) is 2.44. The topological polar surface area (TPSA) is 58.6 Å². The molecule has 0 saturated heterocycles. The van der Waals surface area contributed by atoms with E-state index in [9.17, 15) is 9.90 Å². The molecule has 94 valence electrons. The van der Waals surface area contributed by atoms with Crippen molar-refractivity contribution in [2.24, 2.45) is 5.92 Å². The Balaban J connectivity index is 2.37. The van der Waals surface area contributed by atoms with Gasteiger partial charge in [0.15, 0.2) is 0 Å². The molecule has 17 heavy (non-hydrogen) atoms. The van der Waals surface area contributed by atoms with Gasteiger partial charge < -0.3 is 15.2 Å². The molecule has 0 heterocycles. The summed E-state index contributed by atoms with van der Waals surface area (Å²) in [4.78, 5) is 11.6. The summed E-state index contributed by atoms with van der Waals surface area (Å²) in [5.41, 5.74) is 0.643. The predicted molar refractivity (Wildman–Crippen MR) is 65.9 cm³/mol. The Morgan fingerprint density at radius 1 is 1.47 bits per heavy atom. The number of methoxy groups -OCH3 is 1. The molecular weight excluding hydrogens is 218 g/mol. The molecule has 0 bridgehead atoms. The van der Waals surface area contributed by atoms with Crippen molar-refractivity contribution in [1.82, 2.24) is 5.32 Å². The van der Waals surface area contributed by atoms with Crippen molar-refractivity contribution in [2.45, 2.75) is 13.3 Å². The molecular formula is C13H19NO3. The Hall–Kier alpha value is -1.55. The monoisotopic (exact) mass is 237 g/mol. The number of amides is 1. The standard InChI is InChI=1S/C13H19NO3/c1-10(9-17-2)8-14-13(16)7-11-5-3-4-6-12(11)15/h3-6,10,15H,7-9H2,1-2H3,(H,14,16). The summed E-state index contributed by atoms with van der Waals surface area (Å²) in [7, 11) is 1.64. The number of nitrogens with one attached hydrogen (secondary N) is 1. The average molecular weight is 237 g/mol. The Bertz CT molecular complexity index is 365. The van der Waals surface area contributed by atoms with Crippen LogP contribution in [0.3, 0.4) is 0 Å². The molecule has 0 saturated carbocycles. The first-order valence-electron chi connectivity index (χ1n) is 5.66. The van der Waals surface area contributed by atoms with Gasteiger partial charge in [-0.05, 0) is 12.0 Å². The van der Waals surface area contributed by atoms with Crippen LogP contribution < -0.4 is 5.32 Å². The highest BCUT2D eigenvalue weighted by atomic mass is 16.5. The molecule has 1 unspecified atom stereocenters. The van der Waals surface area contributed by atoms with E-state index in [0.29, 0.717) is 18.7 Å². The predicted octanol–water partition coefficient (Wildman–Crippen LogP) is 1.33. The summed E-state index contributed by atoms with van der Waals surface area (Å²) in [5, 5.41) is 12.3. The highest BCUT2D eigenvalue weighted by molar-refractivity contribution is 5.79. The van der Waals surface area contributed by atoms with Gasteiger partial charge in [0.05, 0.1) is 13.0 Å². The minimum atomic E-state index is -0.0885. The van der Waals surface area contributed by atoms with Crippen molar-refractivity contribution in [3.8, 4) is 5.75 Å². The number of carbonyl (C=O) groups is 1. The van der Waals surface area contributed by atoms with Crippen LogP contribution >= 0.6 is 0 Å². The van der Waals surface area contributed by atoms with Crippen LogP contribution in [0, 0.1) is 5.92 Å². The summed E-state index contributed by atoms with van der Waals surface area (Å²) in [6, 6.07) is 6.86. The summed E-state index contributed by atoms with van der Waals surface area (Å²) < 4.78 is 4.98. The number of rotatable bonds is 6. The van der Waals surface area contributed by atoms with E-state index in [2.05, 4.69) is 5.32 Å². The molecule has 1 aromatic rings. The molecule has 1 amide bonds. The average Bonchev–Trinajstić information content (AvgIpc) is 2.30. The van der Waals surface area contributed by atoms with Crippen LogP contribution in [0.5, 0.6) is 5.75 Å². The molecule has 0 fully saturated rings. The lowest BCUT2D eigenvalue weighted by Crippen LogP contribution is -2.31. The Morgan fingerprint density at radius 3 is 2.82 bits per heavy atom. The second-order valence-corrected chi connectivity index (χ2v) is 4.17. The van der Waals surface area contributed by atoms with Gasteiger partial charge in [0, 0.05) is 19.2 Å². The zero-order valence-corrected chi connectivity index (χ0v) is 10.3. The summed E-state index contributed by atoms with van der Waals surface area (Å²) in [5.74, 6) is 0.357. The van der Waals surface area contributed by atoms with Crippen LogP contribution in [0.15, 0.2) is 24.3 Å². The number of phenols is 1. The van der Waals surface area contributed by atoms with Gasteiger partial charge >= 0.3 is 0 Å². The van der Waals surface area contributed by atoms with Crippen molar-refractivity contribution in [2.75, 3.05) is 20.3 Å². The van der Waals surface area contributed by atoms with E-state index in [1.54, 1.807) is 31.4 Å². The minimum Gasteiger partial charge on any atom is -0.508 e. The van der Waals surface area contributed by atoms with Gasteiger partial charge in [-0.2, -0.15) is 0 Å². The van der Waals surface area contributed by atoms with Crippen LogP contribution in [0.1, 0.15) is 12.5 Å². The molecule has 0 aliphatic carbocycles. The third-order valence-electron chi connectivity index (χ3n) is 2.44. The minimum absolute atomic E-state index is 0.0885. The number of hydrogen-bond donors (Lipinski definition) is 2. The van der Waals surface area contributed by atoms with Crippen molar-refractivity contribution in [3.05, 3.63) is 29.8 Å². The fourth-order valence-electron chi connectivity index (χ4n) is 1.53. The first-order valence-corrected chi connectivity index (χ1v) is 5.66. The van der Waals surface area contributed by atoms with E-state index in [1.807, 2.05) is 6.92 Å². The number of ether oxygens (including phenoxy) is 1. The number of hydrogen-bond acceptors (Lipinski definition) is 3. The van der Waals surface area contributed by atoms with Gasteiger partial charge in [-0.1, -0.05) is 25.1 Å². The third kappa shape index (κ3) is 4.87. The van der Waals surface area contributed by atoms with Crippen molar-refractivity contribution < 1.29 is 14.6 Å². The van der Waals surface area contributed by atoms with Gasteiger partial charge in [0.1, 0.15) is 5.75 Å². The maximum Gasteiger partial charge on any atom is 0.224 e. The molecule has 0 aromatic heterocycles.